The Bertz CT molecular complexity index is 666. The molecule has 114 valence electrons. The van der Waals surface area contributed by atoms with E-state index in [1.54, 1.807) is 6.07 Å². The van der Waals surface area contributed by atoms with Crippen molar-refractivity contribution >= 4 is 21.4 Å². The Morgan fingerprint density at radius 3 is 2.76 bits per heavy atom. The maximum absolute atomic E-state index is 12.1. The van der Waals surface area contributed by atoms with Crippen molar-refractivity contribution in [3.05, 3.63) is 18.2 Å². The van der Waals surface area contributed by atoms with E-state index in [9.17, 15) is 8.42 Å². The van der Waals surface area contributed by atoms with Crippen LogP contribution in [0.25, 0.3) is 0 Å². The van der Waals surface area contributed by atoms with E-state index < -0.39 is 16.1 Å². The highest BCUT2D eigenvalue weighted by Crippen LogP contribution is 2.28. The summed E-state index contributed by atoms with van der Waals surface area (Å²) < 4.78 is 30.6. The van der Waals surface area contributed by atoms with Crippen LogP contribution in [0.5, 0.6) is 0 Å². The van der Waals surface area contributed by atoms with E-state index in [0.717, 1.165) is 9.99 Å². The molecule has 1 aliphatic heterocycles. The molecule has 2 rings (SSSR count). The van der Waals surface area contributed by atoms with Crippen molar-refractivity contribution in [2.75, 3.05) is 44.4 Å². The monoisotopic (exact) mass is 310 g/mol. The first kappa shape index (κ1) is 15.6. The van der Waals surface area contributed by atoms with Gasteiger partial charge in [0.05, 0.1) is 35.5 Å². The number of nitriles is 1. The summed E-state index contributed by atoms with van der Waals surface area (Å²) >= 11 is 0. The molecule has 21 heavy (non-hydrogen) atoms. The molecule has 1 unspecified atom stereocenters. The smallest absolute Gasteiger partial charge is 0.242 e. The number of nitrogens with two attached hydrogens (primary N) is 1. The normalized spacial score (nSPS) is 19.5. The molecule has 8 heteroatoms. The average molecular weight is 310 g/mol. The van der Waals surface area contributed by atoms with Gasteiger partial charge in [-0.1, -0.05) is 0 Å². The fraction of sp³-hybridized carbons (Fsp3) is 0.462. The Kier molecular flexibility index (Phi) is 4.37. The number of anilines is 2. The van der Waals surface area contributed by atoms with Crippen molar-refractivity contribution in [2.45, 2.75) is 11.0 Å². The van der Waals surface area contributed by atoms with Gasteiger partial charge >= 0.3 is 0 Å². The minimum atomic E-state index is -3.50. The number of rotatable bonds is 3. The summed E-state index contributed by atoms with van der Waals surface area (Å²) in [5.74, 6) is 0. The third kappa shape index (κ3) is 3.10. The molecule has 0 bridgehead atoms. The Morgan fingerprint density at radius 1 is 1.48 bits per heavy atom. The van der Waals surface area contributed by atoms with Crippen molar-refractivity contribution < 1.29 is 13.2 Å². The number of ether oxygens (including phenoxy) is 1. The second-order valence-corrected chi connectivity index (χ2v) is 7.09. The van der Waals surface area contributed by atoms with Crippen LogP contribution in [-0.2, 0) is 14.8 Å². The Hall–Kier alpha value is -1.82. The zero-order chi connectivity index (χ0) is 15.6. The van der Waals surface area contributed by atoms with Crippen molar-refractivity contribution in [1.82, 2.24) is 4.31 Å². The van der Waals surface area contributed by atoms with Gasteiger partial charge in [0.15, 0.2) is 6.10 Å². The second kappa shape index (κ2) is 5.89. The quantitative estimate of drug-likeness (QED) is 0.803. The molecule has 1 fully saturated rings. The number of benzene rings is 1. The number of morpholine rings is 1. The van der Waals surface area contributed by atoms with Crippen LogP contribution in [0.1, 0.15) is 0 Å². The van der Waals surface area contributed by atoms with E-state index in [1.165, 1.54) is 26.2 Å². The Morgan fingerprint density at radius 2 is 2.19 bits per heavy atom. The van der Waals surface area contributed by atoms with E-state index in [2.05, 4.69) is 6.07 Å². The highest BCUT2D eigenvalue weighted by Gasteiger charge is 2.23. The number of hydrogen-bond donors (Lipinski definition) is 1. The van der Waals surface area contributed by atoms with Crippen LogP contribution in [0, 0.1) is 11.3 Å². The fourth-order valence-corrected chi connectivity index (χ4v) is 3.08. The molecule has 1 saturated heterocycles. The predicted molar refractivity (Wildman–Crippen MR) is 79.3 cm³/mol. The molecule has 7 nitrogen and oxygen atoms in total. The van der Waals surface area contributed by atoms with E-state index in [0.29, 0.717) is 25.4 Å². The highest BCUT2D eigenvalue weighted by atomic mass is 32.2. The van der Waals surface area contributed by atoms with Crippen LogP contribution in [0.2, 0.25) is 0 Å². The first-order chi connectivity index (χ1) is 9.86. The molecular formula is C13H18N4O3S. The van der Waals surface area contributed by atoms with Gasteiger partial charge in [0.25, 0.3) is 0 Å². The zero-order valence-electron chi connectivity index (χ0n) is 12.0. The molecule has 0 spiro atoms. The van der Waals surface area contributed by atoms with Crippen molar-refractivity contribution in [3.63, 3.8) is 0 Å². The van der Waals surface area contributed by atoms with Gasteiger partial charge in [-0.05, 0) is 18.2 Å². The fourth-order valence-electron chi connectivity index (χ4n) is 2.14. The number of nitrogen functional groups attached to an aromatic ring is 1. The van der Waals surface area contributed by atoms with Crippen LogP contribution in [0.3, 0.4) is 0 Å². The van der Waals surface area contributed by atoms with Gasteiger partial charge < -0.3 is 15.4 Å². The summed E-state index contributed by atoms with van der Waals surface area (Å²) in [5.41, 5.74) is 7.08. The molecular weight excluding hydrogens is 292 g/mol. The van der Waals surface area contributed by atoms with E-state index in [1.807, 2.05) is 4.90 Å². The number of sulfonamides is 1. The van der Waals surface area contributed by atoms with Gasteiger partial charge in [0.2, 0.25) is 10.0 Å². The first-order valence-electron chi connectivity index (χ1n) is 6.44. The lowest BCUT2D eigenvalue weighted by molar-refractivity contribution is 0.0765. The van der Waals surface area contributed by atoms with Crippen LogP contribution < -0.4 is 10.6 Å². The molecule has 0 saturated carbocycles. The second-order valence-electron chi connectivity index (χ2n) is 4.94. The lowest BCUT2D eigenvalue weighted by Crippen LogP contribution is -2.42. The Balaban J connectivity index is 2.30. The standard InChI is InChI=1S/C13H18N4O3S/c1-16(2)21(18,19)11-3-4-13(12(15)7-11)17-5-6-20-10(8-14)9-17/h3-4,7,10H,5-6,9,15H2,1-2H3. The lowest BCUT2D eigenvalue weighted by Gasteiger charge is -2.32. The maximum Gasteiger partial charge on any atom is 0.242 e. The minimum Gasteiger partial charge on any atom is -0.397 e. The van der Waals surface area contributed by atoms with Gasteiger partial charge in [-0.2, -0.15) is 5.26 Å². The summed E-state index contributed by atoms with van der Waals surface area (Å²) in [5, 5.41) is 8.92. The number of hydrogen-bond acceptors (Lipinski definition) is 6. The highest BCUT2D eigenvalue weighted by molar-refractivity contribution is 7.89. The summed E-state index contributed by atoms with van der Waals surface area (Å²) in [4.78, 5) is 2.08. The van der Waals surface area contributed by atoms with E-state index >= 15 is 0 Å². The molecule has 1 atom stereocenters. The SMILES string of the molecule is CN(C)S(=O)(=O)c1ccc(N2CCOC(C#N)C2)c(N)c1. The summed E-state index contributed by atoms with van der Waals surface area (Å²) in [6, 6.07) is 6.71. The summed E-state index contributed by atoms with van der Waals surface area (Å²) in [6.45, 7) is 1.47. The maximum atomic E-state index is 12.1. The van der Waals surface area contributed by atoms with Crippen molar-refractivity contribution in [3.8, 4) is 6.07 Å². The molecule has 0 radical (unpaired) electrons. The van der Waals surface area contributed by atoms with Crippen LogP contribution in [-0.4, -0.2) is 52.6 Å². The van der Waals surface area contributed by atoms with Gasteiger partial charge in [-0.15, -0.1) is 0 Å². The minimum absolute atomic E-state index is 0.152. The summed E-state index contributed by atoms with van der Waals surface area (Å²) in [6.07, 6.45) is -0.497. The predicted octanol–water partition coefficient (Wildman–Crippen LogP) is 0.248. The van der Waals surface area contributed by atoms with Gasteiger partial charge in [0, 0.05) is 20.6 Å². The molecule has 0 aromatic heterocycles. The molecule has 0 amide bonds. The van der Waals surface area contributed by atoms with Crippen LogP contribution in [0.15, 0.2) is 23.1 Å². The largest absolute Gasteiger partial charge is 0.397 e. The van der Waals surface area contributed by atoms with Crippen molar-refractivity contribution in [1.29, 1.82) is 5.26 Å². The van der Waals surface area contributed by atoms with Crippen molar-refractivity contribution in [2.24, 2.45) is 0 Å². The molecule has 1 aliphatic rings. The van der Waals surface area contributed by atoms with Gasteiger partial charge in [-0.25, -0.2) is 12.7 Å². The third-order valence-corrected chi connectivity index (χ3v) is 5.14. The molecule has 1 heterocycles. The summed E-state index contributed by atoms with van der Waals surface area (Å²) in [7, 11) is -0.562. The zero-order valence-corrected chi connectivity index (χ0v) is 12.8. The molecule has 2 N–H and O–H groups in total. The number of nitrogens with zero attached hydrogens (tertiary/aromatic N) is 3. The molecule has 1 aromatic carbocycles. The topological polar surface area (TPSA) is 99.7 Å². The van der Waals surface area contributed by atoms with Crippen LogP contribution in [0.4, 0.5) is 11.4 Å². The molecule has 0 aliphatic carbocycles. The first-order valence-corrected chi connectivity index (χ1v) is 7.88. The average Bonchev–Trinajstić information content (AvgIpc) is 2.47. The third-order valence-electron chi connectivity index (χ3n) is 3.33. The Labute approximate surface area is 124 Å². The van der Waals surface area contributed by atoms with Gasteiger partial charge in [-0.3, -0.25) is 0 Å². The molecule has 1 aromatic rings. The lowest BCUT2D eigenvalue weighted by atomic mass is 10.2. The van der Waals surface area contributed by atoms with E-state index in [4.69, 9.17) is 15.7 Å². The van der Waals surface area contributed by atoms with Crippen LogP contribution >= 0.6 is 0 Å². The van der Waals surface area contributed by atoms with Gasteiger partial charge in [0.1, 0.15) is 0 Å². The van der Waals surface area contributed by atoms with E-state index in [-0.39, 0.29) is 4.90 Å².